The molecule has 3 rings (SSSR count). The zero-order valence-electron chi connectivity index (χ0n) is 12.7. The Kier molecular flexibility index (Phi) is 4.92. The van der Waals surface area contributed by atoms with E-state index < -0.39 is 0 Å². The summed E-state index contributed by atoms with van der Waals surface area (Å²) in [6.45, 7) is 1.19. The smallest absolute Gasteiger partial charge is 0.260 e. The van der Waals surface area contributed by atoms with Crippen LogP contribution in [0.4, 0.5) is 0 Å². The SMILES string of the molecule is COc1cccc(OCC(=O)N2CCC(Oc3cnsn3)C2)c1. The number of hydrogen-bond acceptors (Lipinski definition) is 7. The maximum atomic E-state index is 12.2. The van der Waals surface area contributed by atoms with Crippen LogP contribution in [0, 0.1) is 0 Å². The first-order valence-corrected chi connectivity index (χ1v) is 7.96. The summed E-state index contributed by atoms with van der Waals surface area (Å²) in [5, 5.41) is 0. The summed E-state index contributed by atoms with van der Waals surface area (Å²) in [5.41, 5.74) is 0. The van der Waals surface area contributed by atoms with Gasteiger partial charge in [-0.05, 0) is 12.1 Å². The van der Waals surface area contributed by atoms with E-state index in [4.69, 9.17) is 14.2 Å². The van der Waals surface area contributed by atoms with E-state index in [1.807, 2.05) is 12.1 Å². The Bertz CT molecular complexity index is 650. The van der Waals surface area contributed by atoms with Crippen LogP contribution in [0.3, 0.4) is 0 Å². The van der Waals surface area contributed by atoms with Crippen molar-refractivity contribution >= 4 is 17.6 Å². The van der Waals surface area contributed by atoms with Crippen LogP contribution < -0.4 is 14.2 Å². The van der Waals surface area contributed by atoms with Gasteiger partial charge in [-0.2, -0.15) is 4.37 Å². The third-order valence-corrected chi connectivity index (χ3v) is 3.99. The molecule has 2 heterocycles. The molecule has 1 unspecified atom stereocenters. The molecule has 23 heavy (non-hydrogen) atoms. The first kappa shape index (κ1) is 15.5. The number of benzene rings is 1. The van der Waals surface area contributed by atoms with Gasteiger partial charge in [0.05, 0.1) is 25.4 Å². The monoisotopic (exact) mass is 335 g/mol. The summed E-state index contributed by atoms with van der Waals surface area (Å²) in [4.78, 5) is 14.0. The summed E-state index contributed by atoms with van der Waals surface area (Å²) in [5.74, 6) is 1.76. The number of hydrogen-bond donors (Lipinski definition) is 0. The first-order chi connectivity index (χ1) is 11.2. The van der Waals surface area contributed by atoms with Crippen LogP contribution in [0.15, 0.2) is 30.5 Å². The zero-order chi connectivity index (χ0) is 16.1. The minimum atomic E-state index is -0.0599. The molecule has 1 aliphatic heterocycles. The van der Waals surface area contributed by atoms with Crippen molar-refractivity contribution in [2.24, 2.45) is 0 Å². The zero-order valence-corrected chi connectivity index (χ0v) is 13.5. The van der Waals surface area contributed by atoms with Gasteiger partial charge in [0.15, 0.2) is 6.61 Å². The van der Waals surface area contributed by atoms with Gasteiger partial charge in [-0.1, -0.05) is 6.07 Å². The van der Waals surface area contributed by atoms with Gasteiger partial charge in [0.2, 0.25) is 5.88 Å². The van der Waals surface area contributed by atoms with Gasteiger partial charge in [-0.3, -0.25) is 4.79 Å². The van der Waals surface area contributed by atoms with Crippen molar-refractivity contribution in [3.63, 3.8) is 0 Å². The predicted octanol–water partition coefficient (Wildman–Crippen LogP) is 1.61. The largest absolute Gasteiger partial charge is 0.497 e. The summed E-state index contributed by atoms with van der Waals surface area (Å²) in [6.07, 6.45) is 2.32. The van der Waals surface area contributed by atoms with Gasteiger partial charge in [0.1, 0.15) is 23.8 Å². The number of carbonyl (C=O) groups excluding carboxylic acids is 1. The second-order valence-electron chi connectivity index (χ2n) is 5.08. The Morgan fingerprint density at radius 3 is 3.09 bits per heavy atom. The molecule has 1 saturated heterocycles. The van der Waals surface area contributed by atoms with Crippen molar-refractivity contribution in [2.45, 2.75) is 12.5 Å². The third-order valence-electron chi connectivity index (χ3n) is 3.53. The highest BCUT2D eigenvalue weighted by atomic mass is 32.1. The highest BCUT2D eigenvalue weighted by Gasteiger charge is 2.28. The van der Waals surface area contributed by atoms with Crippen LogP contribution >= 0.6 is 11.7 Å². The molecule has 2 aromatic rings. The van der Waals surface area contributed by atoms with Crippen LogP contribution in [0.5, 0.6) is 17.4 Å². The third kappa shape index (κ3) is 4.10. The van der Waals surface area contributed by atoms with Crippen LogP contribution in [0.1, 0.15) is 6.42 Å². The molecular weight excluding hydrogens is 318 g/mol. The highest BCUT2D eigenvalue weighted by molar-refractivity contribution is 6.99. The van der Waals surface area contributed by atoms with E-state index in [0.29, 0.717) is 30.5 Å². The number of aromatic nitrogens is 2. The maximum absolute atomic E-state index is 12.2. The van der Waals surface area contributed by atoms with E-state index in [1.54, 1.807) is 30.3 Å². The lowest BCUT2D eigenvalue weighted by molar-refractivity contribution is -0.132. The molecule has 1 aromatic heterocycles. The van der Waals surface area contributed by atoms with Crippen LogP contribution in [0.25, 0.3) is 0 Å². The molecule has 8 heteroatoms. The summed E-state index contributed by atoms with van der Waals surface area (Å²) in [6, 6.07) is 7.18. The maximum Gasteiger partial charge on any atom is 0.260 e. The van der Waals surface area contributed by atoms with Gasteiger partial charge in [-0.25, -0.2) is 0 Å². The molecule has 0 spiro atoms. The van der Waals surface area contributed by atoms with Gasteiger partial charge in [-0.15, -0.1) is 4.37 Å². The average molecular weight is 335 g/mol. The number of nitrogens with zero attached hydrogens (tertiary/aromatic N) is 3. The van der Waals surface area contributed by atoms with Crippen molar-refractivity contribution in [1.29, 1.82) is 0 Å². The topological polar surface area (TPSA) is 73.8 Å². The average Bonchev–Trinajstić information content (AvgIpc) is 3.25. The summed E-state index contributed by atoms with van der Waals surface area (Å²) in [7, 11) is 1.59. The fraction of sp³-hybridized carbons (Fsp3) is 0.400. The normalized spacial score (nSPS) is 17.1. The quantitative estimate of drug-likeness (QED) is 0.798. The number of ether oxygens (including phenoxy) is 3. The Balaban J connectivity index is 1.47. The highest BCUT2D eigenvalue weighted by Crippen LogP contribution is 2.20. The Labute approximate surface area is 138 Å². The van der Waals surface area contributed by atoms with Crippen LogP contribution in [-0.2, 0) is 4.79 Å². The number of rotatable bonds is 6. The second kappa shape index (κ2) is 7.28. The number of amides is 1. The minimum Gasteiger partial charge on any atom is -0.497 e. The molecular formula is C15H17N3O4S. The van der Waals surface area contributed by atoms with Gasteiger partial charge < -0.3 is 19.1 Å². The van der Waals surface area contributed by atoms with Crippen molar-refractivity contribution in [3.8, 4) is 17.4 Å². The number of likely N-dealkylation sites (tertiary alicyclic amines) is 1. The molecule has 0 N–H and O–H groups in total. The van der Waals surface area contributed by atoms with Crippen molar-refractivity contribution in [3.05, 3.63) is 30.5 Å². The Morgan fingerprint density at radius 2 is 2.30 bits per heavy atom. The van der Waals surface area contributed by atoms with Crippen molar-refractivity contribution in [2.75, 3.05) is 26.8 Å². The Morgan fingerprint density at radius 1 is 1.43 bits per heavy atom. The van der Waals surface area contributed by atoms with E-state index in [0.717, 1.165) is 18.1 Å². The number of methoxy groups -OCH3 is 1. The number of carbonyl (C=O) groups is 1. The van der Waals surface area contributed by atoms with E-state index >= 15 is 0 Å². The Hall–Kier alpha value is -2.35. The fourth-order valence-electron chi connectivity index (χ4n) is 2.36. The molecule has 0 bridgehead atoms. The molecule has 0 saturated carbocycles. The summed E-state index contributed by atoms with van der Waals surface area (Å²) >= 11 is 1.10. The van der Waals surface area contributed by atoms with Gasteiger partial charge in [0, 0.05) is 19.0 Å². The predicted molar refractivity (Wildman–Crippen MR) is 84.0 cm³/mol. The fourth-order valence-corrected chi connectivity index (χ4v) is 2.71. The molecule has 0 aliphatic carbocycles. The van der Waals surface area contributed by atoms with Crippen molar-refractivity contribution < 1.29 is 19.0 Å². The van der Waals surface area contributed by atoms with Crippen LogP contribution in [-0.4, -0.2) is 52.5 Å². The van der Waals surface area contributed by atoms with Gasteiger partial charge >= 0.3 is 0 Å². The van der Waals surface area contributed by atoms with Crippen LogP contribution in [0.2, 0.25) is 0 Å². The molecule has 122 valence electrons. The lowest BCUT2D eigenvalue weighted by Gasteiger charge is -2.17. The molecule has 7 nitrogen and oxygen atoms in total. The van der Waals surface area contributed by atoms with Crippen molar-refractivity contribution in [1.82, 2.24) is 13.6 Å². The lowest BCUT2D eigenvalue weighted by Crippen LogP contribution is -2.34. The molecule has 1 aliphatic rings. The van der Waals surface area contributed by atoms with E-state index in [-0.39, 0.29) is 18.6 Å². The molecule has 1 amide bonds. The first-order valence-electron chi connectivity index (χ1n) is 7.23. The second-order valence-corrected chi connectivity index (χ2v) is 5.64. The summed E-state index contributed by atoms with van der Waals surface area (Å²) < 4.78 is 24.2. The van der Waals surface area contributed by atoms with E-state index in [2.05, 4.69) is 8.75 Å². The molecule has 1 atom stereocenters. The molecule has 1 aromatic carbocycles. The van der Waals surface area contributed by atoms with E-state index in [9.17, 15) is 4.79 Å². The van der Waals surface area contributed by atoms with E-state index in [1.165, 1.54) is 0 Å². The standard InChI is InChI=1S/C15H17N3O4S/c1-20-11-3-2-4-12(7-11)21-10-15(19)18-6-5-13(9-18)22-14-8-16-23-17-14/h2-4,7-8,13H,5-6,9-10H2,1H3. The molecule has 1 fully saturated rings. The minimum absolute atomic E-state index is 0.00184. The van der Waals surface area contributed by atoms with Gasteiger partial charge in [0.25, 0.3) is 5.91 Å². The lowest BCUT2D eigenvalue weighted by atomic mass is 10.3. The molecule has 0 radical (unpaired) electrons.